The lowest BCUT2D eigenvalue weighted by atomic mass is 10.0. The van der Waals surface area contributed by atoms with E-state index in [9.17, 15) is 4.79 Å². The number of aromatic nitrogens is 1. The average molecular weight is 263 g/mol. The number of hydrogen-bond acceptors (Lipinski definition) is 1. The molecule has 100 valence electrons. The normalized spacial score (nSPS) is 11.2. The second-order valence-corrected chi connectivity index (χ2v) is 5.28. The summed E-state index contributed by atoms with van der Waals surface area (Å²) in [4.78, 5) is 12.4. The number of hydrogen-bond donors (Lipinski definition) is 0. The SMILES string of the molecule is CC(C)C(=O)c1cn(-c2ccccc2)c2ccccc12. The van der Waals surface area contributed by atoms with Gasteiger partial charge >= 0.3 is 0 Å². The molecule has 0 atom stereocenters. The highest BCUT2D eigenvalue weighted by Crippen LogP contribution is 2.26. The fraction of sp³-hybridized carbons (Fsp3) is 0.167. The summed E-state index contributed by atoms with van der Waals surface area (Å²) in [7, 11) is 0. The second-order valence-electron chi connectivity index (χ2n) is 5.28. The predicted octanol–water partition coefficient (Wildman–Crippen LogP) is 4.47. The minimum absolute atomic E-state index is 0.00466. The van der Waals surface area contributed by atoms with Crippen LogP contribution < -0.4 is 0 Å². The first kappa shape index (κ1) is 12.7. The molecule has 0 N–H and O–H groups in total. The van der Waals surface area contributed by atoms with Crippen molar-refractivity contribution in [3.63, 3.8) is 0 Å². The zero-order valence-electron chi connectivity index (χ0n) is 11.7. The van der Waals surface area contributed by atoms with Crippen LogP contribution in [0.25, 0.3) is 16.6 Å². The predicted molar refractivity (Wildman–Crippen MR) is 82.4 cm³/mol. The number of nitrogens with zero attached hydrogens (tertiary/aromatic N) is 1. The smallest absolute Gasteiger partial charge is 0.167 e. The number of para-hydroxylation sites is 2. The third-order valence-corrected chi connectivity index (χ3v) is 3.54. The molecule has 0 radical (unpaired) electrons. The van der Waals surface area contributed by atoms with E-state index in [0.29, 0.717) is 0 Å². The molecule has 3 rings (SSSR count). The van der Waals surface area contributed by atoms with Crippen LogP contribution in [0.1, 0.15) is 24.2 Å². The standard InChI is InChI=1S/C18H17NO/c1-13(2)18(20)16-12-19(14-8-4-3-5-9-14)17-11-7-6-10-15(16)17/h3-13H,1-2H3. The lowest BCUT2D eigenvalue weighted by Gasteiger charge is -2.04. The lowest BCUT2D eigenvalue weighted by Crippen LogP contribution is -2.06. The Morgan fingerprint density at radius 2 is 1.60 bits per heavy atom. The molecule has 0 unspecified atom stereocenters. The summed E-state index contributed by atoms with van der Waals surface area (Å²) in [5.74, 6) is 0.195. The van der Waals surface area contributed by atoms with E-state index in [1.165, 1.54) is 0 Å². The van der Waals surface area contributed by atoms with Crippen LogP contribution >= 0.6 is 0 Å². The van der Waals surface area contributed by atoms with Gasteiger partial charge in [-0.05, 0) is 18.2 Å². The summed E-state index contributed by atoms with van der Waals surface area (Å²) in [6.07, 6.45) is 1.96. The Balaban J connectivity index is 2.27. The maximum Gasteiger partial charge on any atom is 0.167 e. The van der Waals surface area contributed by atoms with E-state index in [0.717, 1.165) is 22.2 Å². The molecule has 2 aromatic carbocycles. The van der Waals surface area contributed by atoms with Crippen LogP contribution in [0.4, 0.5) is 0 Å². The molecule has 2 nitrogen and oxygen atoms in total. The van der Waals surface area contributed by atoms with Gasteiger partial charge in [-0.2, -0.15) is 0 Å². The van der Waals surface area contributed by atoms with E-state index in [1.807, 2.05) is 56.4 Å². The molecule has 0 aliphatic heterocycles. The molecule has 1 aromatic heterocycles. The van der Waals surface area contributed by atoms with Crippen LogP contribution in [0.15, 0.2) is 60.8 Å². The van der Waals surface area contributed by atoms with Gasteiger partial charge in [0.2, 0.25) is 0 Å². The van der Waals surface area contributed by atoms with Gasteiger partial charge in [0.05, 0.1) is 5.52 Å². The van der Waals surface area contributed by atoms with Gasteiger partial charge in [-0.25, -0.2) is 0 Å². The van der Waals surface area contributed by atoms with E-state index in [2.05, 4.69) is 22.8 Å². The first-order valence-corrected chi connectivity index (χ1v) is 6.88. The van der Waals surface area contributed by atoms with E-state index in [4.69, 9.17) is 0 Å². The number of fused-ring (bicyclic) bond motifs is 1. The fourth-order valence-electron chi connectivity index (χ4n) is 2.49. The third kappa shape index (κ3) is 2.03. The Morgan fingerprint density at radius 3 is 2.30 bits per heavy atom. The van der Waals surface area contributed by atoms with Crippen LogP contribution in [-0.4, -0.2) is 10.4 Å². The number of ketones is 1. The number of carbonyl (C=O) groups excluding carboxylic acids is 1. The highest BCUT2D eigenvalue weighted by Gasteiger charge is 2.17. The third-order valence-electron chi connectivity index (χ3n) is 3.54. The molecule has 0 amide bonds. The van der Waals surface area contributed by atoms with E-state index < -0.39 is 0 Å². The maximum absolute atomic E-state index is 12.4. The summed E-state index contributed by atoms with van der Waals surface area (Å²) < 4.78 is 2.09. The van der Waals surface area contributed by atoms with Gasteiger partial charge < -0.3 is 4.57 Å². The van der Waals surface area contributed by atoms with Crippen molar-refractivity contribution in [3.8, 4) is 5.69 Å². The fourth-order valence-corrected chi connectivity index (χ4v) is 2.49. The summed E-state index contributed by atoms with van der Waals surface area (Å²) in [5.41, 5.74) is 2.95. The molecule has 0 spiro atoms. The van der Waals surface area contributed by atoms with Gasteiger partial charge in [0.15, 0.2) is 5.78 Å². The molecular formula is C18H17NO. The Bertz CT molecular complexity index is 753. The van der Waals surface area contributed by atoms with Gasteiger partial charge in [0.25, 0.3) is 0 Å². The van der Waals surface area contributed by atoms with Crippen molar-refractivity contribution in [1.82, 2.24) is 4.57 Å². The summed E-state index contributed by atoms with van der Waals surface area (Å²) in [6.45, 7) is 3.88. The number of rotatable bonds is 3. The zero-order chi connectivity index (χ0) is 14.1. The van der Waals surface area contributed by atoms with Crippen LogP contribution in [0.5, 0.6) is 0 Å². The molecule has 0 aliphatic carbocycles. The van der Waals surface area contributed by atoms with Gasteiger partial charge in [0.1, 0.15) is 0 Å². The molecule has 3 aromatic rings. The van der Waals surface area contributed by atoms with E-state index in [-0.39, 0.29) is 11.7 Å². The van der Waals surface area contributed by atoms with Gasteiger partial charge in [0, 0.05) is 28.8 Å². The molecule has 0 bridgehead atoms. The van der Waals surface area contributed by atoms with Crippen LogP contribution in [0.2, 0.25) is 0 Å². The van der Waals surface area contributed by atoms with Crippen molar-refractivity contribution in [2.45, 2.75) is 13.8 Å². The summed E-state index contributed by atoms with van der Waals surface area (Å²) >= 11 is 0. The molecule has 0 saturated carbocycles. The number of benzene rings is 2. The van der Waals surface area contributed by atoms with E-state index in [1.54, 1.807) is 0 Å². The minimum Gasteiger partial charge on any atom is -0.316 e. The molecule has 20 heavy (non-hydrogen) atoms. The molecular weight excluding hydrogens is 246 g/mol. The molecule has 0 saturated heterocycles. The quantitative estimate of drug-likeness (QED) is 0.639. The van der Waals surface area contributed by atoms with Crippen LogP contribution in [0.3, 0.4) is 0 Å². The minimum atomic E-state index is 0.00466. The first-order chi connectivity index (χ1) is 9.68. The summed E-state index contributed by atoms with van der Waals surface area (Å²) in [6, 6.07) is 18.2. The zero-order valence-corrected chi connectivity index (χ0v) is 11.7. The van der Waals surface area contributed by atoms with Crippen molar-refractivity contribution >= 4 is 16.7 Å². The molecule has 2 heteroatoms. The number of Topliss-reactive ketones (excluding diaryl/α,β-unsaturated/α-hetero) is 1. The molecule has 1 heterocycles. The van der Waals surface area contributed by atoms with Crippen molar-refractivity contribution in [2.75, 3.05) is 0 Å². The number of carbonyl (C=O) groups is 1. The Labute approximate surface area is 118 Å². The van der Waals surface area contributed by atoms with Gasteiger partial charge in [-0.3, -0.25) is 4.79 Å². The second kappa shape index (κ2) is 4.97. The maximum atomic E-state index is 12.4. The monoisotopic (exact) mass is 263 g/mol. The highest BCUT2D eigenvalue weighted by atomic mass is 16.1. The summed E-state index contributed by atoms with van der Waals surface area (Å²) in [5, 5.41) is 1.02. The van der Waals surface area contributed by atoms with Crippen molar-refractivity contribution < 1.29 is 4.79 Å². The van der Waals surface area contributed by atoms with Crippen LogP contribution in [-0.2, 0) is 0 Å². The molecule has 0 aliphatic rings. The largest absolute Gasteiger partial charge is 0.316 e. The first-order valence-electron chi connectivity index (χ1n) is 6.88. The van der Waals surface area contributed by atoms with Crippen molar-refractivity contribution in [1.29, 1.82) is 0 Å². The van der Waals surface area contributed by atoms with Gasteiger partial charge in [-0.15, -0.1) is 0 Å². The van der Waals surface area contributed by atoms with Crippen molar-refractivity contribution in [3.05, 3.63) is 66.4 Å². The van der Waals surface area contributed by atoms with Crippen LogP contribution in [0, 0.1) is 5.92 Å². The topological polar surface area (TPSA) is 22.0 Å². The molecule has 0 fully saturated rings. The Morgan fingerprint density at radius 1 is 0.950 bits per heavy atom. The average Bonchev–Trinajstić information content (AvgIpc) is 2.87. The Hall–Kier alpha value is -2.35. The highest BCUT2D eigenvalue weighted by molar-refractivity contribution is 6.09. The van der Waals surface area contributed by atoms with Crippen molar-refractivity contribution in [2.24, 2.45) is 5.92 Å². The van der Waals surface area contributed by atoms with Gasteiger partial charge in [-0.1, -0.05) is 50.2 Å². The van der Waals surface area contributed by atoms with E-state index >= 15 is 0 Å². The Kier molecular flexibility index (Phi) is 3.15. The lowest BCUT2D eigenvalue weighted by molar-refractivity contribution is 0.0941.